The van der Waals surface area contributed by atoms with Gasteiger partial charge in [0.1, 0.15) is 5.82 Å². The number of para-hydroxylation sites is 1. The normalized spacial score (nSPS) is 15.9. The quantitative estimate of drug-likeness (QED) is 0.647. The van der Waals surface area contributed by atoms with Gasteiger partial charge < -0.3 is 4.90 Å². The Kier molecular flexibility index (Phi) is 5.02. The maximum Gasteiger partial charge on any atom is 0.297 e. The van der Waals surface area contributed by atoms with Gasteiger partial charge in [0.2, 0.25) is 0 Å². The van der Waals surface area contributed by atoms with Gasteiger partial charge in [0, 0.05) is 43.0 Å². The minimum absolute atomic E-state index is 0.408. The van der Waals surface area contributed by atoms with Gasteiger partial charge in [0.05, 0.1) is 9.85 Å². The number of hydrogen-bond acceptors (Lipinski definition) is 5. The van der Waals surface area contributed by atoms with E-state index >= 15 is 0 Å². The number of piperazine rings is 1. The monoisotopic (exact) mass is 394 g/mol. The van der Waals surface area contributed by atoms with Crippen molar-refractivity contribution < 1.29 is 8.78 Å². The standard InChI is InChI=1S/C18H17ClF2N4S/c19-15-6-5-12(26-15)11-24-7-9-25(10-8-24)18-13-3-1-2-4-14(13)22-17(23-18)16(20)21/h1-6,16H,7-11H2. The molecule has 0 unspecified atom stereocenters. The third kappa shape index (κ3) is 3.65. The second kappa shape index (κ2) is 7.42. The molecule has 3 heterocycles. The number of aromatic nitrogens is 2. The van der Waals surface area contributed by atoms with E-state index in [1.165, 1.54) is 4.88 Å². The Morgan fingerprint density at radius 1 is 1.04 bits per heavy atom. The second-order valence-corrected chi connectivity index (χ2v) is 7.99. The fourth-order valence-electron chi connectivity index (χ4n) is 3.19. The summed E-state index contributed by atoms with van der Waals surface area (Å²) in [6, 6.07) is 11.3. The van der Waals surface area contributed by atoms with E-state index in [-0.39, 0.29) is 0 Å². The molecule has 1 saturated heterocycles. The van der Waals surface area contributed by atoms with Crippen molar-refractivity contribution in [2.45, 2.75) is 13.0 Å². The molecule has 1 aliphatic heterocycles. The average Bonchev–Trinajstić information content (AvgIpc) is 3.06. The van der Waals surface area contributed by atoms with E-state index in [0.717, 1.165) is 42.4 Å². The largest absolute Gasteiger partial charge is 0.353 e. The van der Waals surface area contributed by atoms with Crippen molar-refractivity contribution in [3.8, 4) is 0 Å². The van der Waals surface area contributed by atoms with Gasteiger partial charge in [0.25, 0.3) is 6.43 Å². The number of halogens is 3. The van der Waals surface area contributed by atoms with Gasteiger partial charge in [-0.3, -0.25) is 4.90 Å². The van der Waals surface area contributed by atoms with Crippen LogP contribution in [0.25, 0.3) is 10.9 Å². The van der Waals surface area contributed by atoms with Crippen molar-refractivity contribution in [2.75, 3.05) is 31.1 Å². The number of thiophene rings is 1. The van der Waals surface area contributed by atoms with Gasteiger partial charge in [-0.15, -0.1) is 11.3 Å². The Labute approximate surface area is 159 Å². The van der Waals surface area contributed by atoms with Crippen LogP contribution in [0.5, 0.6) is 0 Å². The summed E-state index contributed by atoms with van der Waals surface area (Å²) >= 11 is 7.59. The first kappa shape index (κ1) is 17.6. The van der Waals surface area contributed by atoms with Crippen LogP contribution in [0.1, 0.15) is 17.1 Å². The van der Waals surface area contributed by atoms with Crippen molar-refractivity contribution in [2.24, 2.45) is 0 Å². The summed E-state index contributed by atoms with van der Waals surface area (Å²) in [5, 5.41) is 0.815. The van der Waals surface area contributed by atoms with Gasteiger partial charge in [-0.2, -0.15) is 0 Å². The first-order chi connectivity index (χ1) is 12.6. The van der Waals surface area contributed by atoms with E-state index in [9.17, 15) is 8.78 Å². The van der Waals surface area contributed by atoms with Crippen molar-refractivity contribution in [3.05, 3.63) is 51.4 Å². The van der Waals surface area contributed by atoms with E-state index in [2.05, 4.69) is 19.8 Å². The molecule has 0 atom stereocenters. The molecule has 8 heteroatoms. The maximum atomic E-state index is 13.2. The second-order valence-electron chi connectivity index (χ2n) is 6.19. The summed E-state index contributed by atoms with van der Waals surface area (Å²) in [4.78, 5) is 13.8. The topological polar surface area (TPSA) is 32.3 Å². The van der Waals surface area contributed by atoms with Crippen molar-refractivity contribution in [3.63, 3.8) is 0 Å². The zero-order valence-electron chi connectivity index (χ0n) is 13.9. The lowest BCUT2D eigenvalue weighted by Gasteiger charge is -2.35. The van der Waals surface area contributed by atoms with Crippen LogP contribution in [0.2, 0.25) is 4.34 Å². The predicted octanol–water partition coefficient (Wildman–Crippen LogP) is 4.60. The summed E-state index contributed by atoms with van der Waals surface area (Å²) in [5.74, 6) is 0.194. The molecule has 3 aromatic rings. The molecular weight excluding hydrogens is 378 g/mol. The van der Waals surface area contributed by atoms with Gasteiger partial charge in [0.15, 0.2) is 5.82 Å². The Bertz CT molecular complexity index is 909. The van der Waals surface area contributed by atoms with E-state index in [0.29, 0.717) is 11.3 Å². The molecule has 0 bridgehead atoms. The van der Waals surface area contributed by atoms with Crippen molar-refractivity contribution in [1.82, 2.24) is 14.9 Å². The van der Waals surface area contributed by atoms with Crippen LogP contribution >= 0.6 is 22.9 Å². The summed E-state index contributed by atoms with van der Waals surface area (Å²) < 4.78 is 27.2. The van der Waals surface area contributed by atoms with Gasteiger partial charge >= 0.3 is 0 Å². The molecule has 0 saturated carbocycles. The number of nitrogens with zero attached hydrogens (tertiary/aromatic N) is 4. The molecule has 4 nitrogen and oxygen atoms in total. The molecule has 4 rings (SSSR count). The van der Waals surface area contributed by atoms with Crippen LogP contribution < -0.4 is 4.90 Å². The fraction of sp³-hybridized carbons (Fsp3) is 0.333. The molecule has 0 radical (unpaired) electrons. The summed E-state index contributed by atoms with van der Waals surface area (Å²) in [5.41, 5.74) is 0.559. The Morgan fingerprint density at radius 2 is 1.81 bits per heavy atom. The summed E-state index contributed by atoms with van der Waals surface area (Å²) in [6.07, 6.45) is -2.68. The van der Waals surface area contributed by atoms with E-state index in [1.807, 2.05) is 24.3 Å². The van der Waals surface area contributed by atoms with Crippen LogP contribution in [-0.4, -0.2) is 41.0 Å². The molecule has 26 heavy (non-hydrogen) atoms. The highest BCUT2D eigenvalue weighted by molar-refractivity contribution is 7.16. The van der Waals surface area contributed by atoms with Gasteiger partial charge in [-0.05, 0) is 24.3 Å². The van der Waals surface area contributed by atoms with E-state index in [1.54, 1.807) is 23.5 Å². The van der Waals surface area contributed by atoms with E-state index in [4.69, 9.17) is 11.6 Å². The minimum Gasteiger partial charge on any atom is -0.353 e. The number of rotatable bonds is 4. The lowest BCUT2D eigenvalue weighted by Crippen LogP contribution is -2.46. The van der Waals surface area contributed by atoms with Crippen LogP contribution in [0, 0.1) is 0 Å². The number of alkyl halides is 2. The average molecular weight is 395 g/mol. The molecule has 2 aromatic heterocycles. The predicted molar refractivity (Wildman–Crippen MR) is 101 cm³/mol. The smallest absolute Gasteiger partial charge is 0.297 e. The minimum atomic E-state index is -2.68. The summed E-state index contributed by atoms with van der Waals surface area (Å²) in [7, 11) is 0. The Morgan fingerprint density at radius 3 is 2.50 bits per heavy atom. The first-order valence-corrected chi connectivity index (χ1v) is 9.56. The molecule has 0 N–H and O–H groups in total. The molecular formula is C18H17ClF2N4S. The zero-order valence-corrected chi connectivity index (χ0v) is 15.5. The number of hydrogen-bond donors (Lipinski definition) is 0. The van der Waals surface area contributed by atoms with Crippen LogP contribution in [-0.2, 0) is 6.54 Å². The molecule has 0 amide bonds. The molecule has 1 aromatic carbocycles. The third-order valence-corrected chi connectivity index (χ3v) is 5.69. The zero-order chi connectivity index (χ0) is 18.1. The molecule has 1 aliphatic rings. The molecule has 1 fully saturated rings. The van der Waals surface area contributed by atoms with Crippen LogP contribution in [0.3, 0.4) is 0 Å². The highest BCUT2D eigenvalue weighted by Gasteiger charge is 2.23. The van der Waals surface area contributed by atoms with Crippen LogP contribution in [0.15, 0.2) is 36.4 Å². The SMILES string of the molecule is FC(F)c1nc(N2CCN(Cc3ccc(Cl)s3)CC2)c2ccccc2n1. The highest BCUT2D eigenvalue weighted by Crippen LogP contribution is 2.28. The molecule has 136 valence electrons. The number of benzene rings is 1. The fourth-order valence-corrected chi connectivity index (χ4v) is 4.32. The van der Waals surface area contributed by atoms with E-state index < -0.39 is 12.2 Å². The lowest BCUT2D eigenvalue weighted by molar-refractivity contribution is 0.141. The number of anilines is 1. The highest BCUT2D eigenvalue weighted by atomic mass is 35.5. The van der Waals surface area contributed by atoms with Crippen molar-refractivity contribution >= 4 is 39.7 Å². The van der Waals surface area contributed by atoms with Gasteiger partial charge in [-0.25, -0.2) is 18.7 Å². The Hall–Kier alpha value is -1.83. The maximum absolute atomic E-state index is 13.2. The molecule has 0 spiro atoms. The first-order valence-electron chi connectivity index (χ1n) is 8.36. The third-order valence-electron chi connectivity index (χ3n) is 4.48. The van der Waals surface area contributed by atoms with Crippen LogP contribution in [0.4, 0.5) is 14.6 Å². The Balaban J connectivity index is 1.53. The number of fused-ring (bicyclic) bond motifs is 1. The summed E-state index contributed by atoms with van der Waals surface area (Å²) in [6.45, 7) is 4.03. The van der Waals surface area contributed by atoms with Crippen molar-refractivity contribution in [1.29, 1.82) is 0 Å². The van der Waals surface area contributed by atoms with Gasteiger partial charge in [-0.1, -0.05) is 23.7 Å². The molecule has 0 aliphatic carbocycles. The lowest BCUT2D eigenvalue weighted by atomic mass is 10.2.